The first-order valence-corrected chi connectivity index (χ1v) is 8.09. The van der Waals surface area contributed by atoms with E-state index in [1.807, 2.05) is 55.5 Å². The summed E-state index contributed by atoms with van der Waals surface area (Å²) < 4.78 is 15.2. The van der Waals surface area contributed by atoms with Crippen LogP contribution in [0.15, 0.2) is 66.9 Å². The first kappa shape index (κ1) is 15.5. The summed E-state index contributed by atoms with van der Waals surface area (Å²) in [5.74, 6) is 0.315. The van der Waals surface area contributed by atoms with Gasteiger partial charge in [0.15, 0.2) is 0 Å². The smallest absolute Gasteiger partial charge is 0.212 e. The van der Waals surface area contributed by atoms with Gasteiger partial charge in [-0.2, -0.15) is 4.39 Å². The highest BCUT2D eigenvalue weighted by Crippen LogP contribution is 2.27. The molecular weight excluding hydrogens is 315 g/mol. The molecule has 2 aromatic heterocycles. The molecule has 0 radical (unpaired) electrons. The van der Waals surface area contributed by atoms with E-state index in [4.69, 9.17) is 5.73 Å². The maximum absolute atomic E-state index is 13.1. The molecule has 0 saturated heterocycles. The zero-order chi connectivity index (χ0) is 17.4. The van der Waals surface area contributed by atoms with Gasteiger partial charge >= 0.3 is 0 Å². The quantitative estimate of drug-likeness (QED) is 0.571. The zero-order valence-electron chi connectivity index (χ0n) is 13.7. The maximum Gasteiger partial charge on any atom is 0.212 e. The predicted octanol–water partition coefficient (Wildman–Crippen LogP) is 4.25. The van der Waals surface area contributed by atoms with E-state index >= 15 is 0 Å². The van der Waals surface area contributed by atoms with Crippen molar-refractivity contribution in [1.29, 1.82) is 0 Å². The van der Waals surface area contributed by atoms with Crippen molar-refractivity contribution in [3.63, 3.8) is 0 Å². The molecule has 124 valence electrons. The molecule has 4 rings (SSSR count). The third-order valence-corrected chi connectivity index (χ3v) is 4.16. The lowest BCUT2D eigenvalue weighted by atomic mass is 10.1. The molecule has 0 amide bonds. The lowest BCUT2D eigenvalue weighted by Crippen LogP contribution is -2.12. The number of rotatable bonds is 3. The molecule has 0 aliphatic rings. The van der Waals surface area contributed by atoms with Crippen LogP contribution in [0.5, 0.6) is 0 Å². The summed E-state index contributed by atoms with van der Waals surface area (Å²) in [6.07, 6.45) is 1.53. The van der Waals surface area contributed by atoms with E-state index in [1.54, 1.807) is 6.07 Å². The van der Waals surface area contributed by atoms with E-state index in [0.717, 1.165) is 33.7 Å². The van der Waals surface area contributed by atoms with E-state index in [-0.39, 0.29) is 6.04 Å². The fourth-order valence-electron chi connectivity index (χ4n) is 2.99. The minimum atomic E-state index is -0.486. The fraction of sp³-hybridized carbons (Fsp3) is 0.100. The number of hydrogen-bond acceptors (Lipinski definition) is 3. The Morgan fingerprint density at radius 3 is 2.60 bits per heavy atom. The van der Waals surface area contributed by atoms with Crippen molar-refractivity contribution >= 4 is 11.0 Å². The Morgan fingerprint density at radius 2 is 1.84 bits per heavy atom. The van der Waals surface area contributed by atoms with Crippen LogP contribution in [0.4, 0.5) is 4.39 Å². The molecule has 0 bridgehead atoms. The van der Waals surface area contributed by atoms with Crippen LogP contribution in [-0.2, 0) is 0 Å². The van der Waals surface area contributed by atoms with Gasteiger partial charge in [-0.25, -0.2) is 9.97 Å². The molecule has 0 aliphatic heterocycles. The SMILES string of the molecule is CC(N)c1nc2ccccc2n1-c1cccc(-c2ccc(F)nc2)c1. The molecule has 25 heavy (non-hydrogen) atoms. The van der Waals surface area contributed by atoms with Crippen molar-refractivity contribution < 1.29 is 4.39 Å². The number of benzene rings is 2. The van der Waals surface area contributed by atoms with Gasteiger partial charge in [-0.3, -0.25) is 4.57 Å². The van der Waals surface area contributed by atoms with Crippen LogP contribution in [0, 0.1) is 5.95 Å². The summed E-state index contributed by atoms with van der Waals surface area (Å²) in [6, 6.07) is 18.8. The predicted molar refractivity (Wildman–Crippen MR) is 96.9 cm³/mol. The minimum absolute atomic E-state index is 0.205. The van der Waals surface area contributed by atoms with Crippen molar-refractivity contribution in [2.24, 2.45) is 5.73 Å². The summed E-state index contributed by atoms with van der Waals surface area (Å²) in [5.41, 5.74) is 10.8. The fourth-order valence-corrected chi connectivity index (χ4v) is 2.99. The van der Waals surface area contributed by atoms with E-state index in [0.29, 0.717) is 0 Å². The van der Waals surface area contributed by atoms with Gasteiger partial charge < -0.3 is 5.73 Å². The van der Waals surface area contributed by atoms with E-state index < -0.39 is 5.95 Å². The second kappa shape index (κ2) is 6.11. The van der Waals surface area contributed by atoms with Crippen LogP contribution in [0.2, 0.25) is 0 Å². The molecule has 0 aliphatic carbocycles. The molecule has 2 heterocycles. The van der Waals surface area contributed by atoms with Crippen LogP contribution in [0.1, 0.15) is 18.8 Å². The van der Waals surface area contributed by atoms with Crippen LogP contribution < -0.4 is 5.73 Å². The first-order valence-electron chi connectivity index (χ1n) is 8.09. The van der Waals surface area contributed by atoms with Gasteiger partial charge in [-0.1, -0.05) is 24.3 Å². The van der Waals surface area contributed by atoms with E-state index in [1.165, 1.54) is 12.3 Å². The average molecular weight is 332 g/mol. The van der Waals surface area contributed by atoms with Gasteiger partial charge in [0.05, 0.1) is 17.1 Å². The van der Waals surface area contributed by atoms with Crippen molar-refractivity contribution in [3.05, 3.63) is 78.6 Å². The van der Waals surface area contributed by atoms with Crippen LogP contribution in [-0.4, -0.2) is 14.5 Å². The standard InChI is InChI=1S/C20H17FN4/c1-13(22)20-24-17-7-2-3-8-18(17)25(20)16-6-4-5-14(11-16)15-9-10-19(21)23-12-15/h2-13H,22H2,1H3. The second-order valence-corrected chi connectivity index (χ2v) is 6.00. The third-order valence-electron chi connectivity index (χ3n) is 4.16. The lowest BCUT2D eigenvalue weighted by Gasteiger charge is -2.13. The van der Waals surface area contributed by atoms with Crippen molar-refractivity contribution in [2.45, 2.75) is 13.0 Å². The summed E-state index contributed by atoms with van der Waals surface area (Å²) in [7, 11) is 0. The Labute approximate surface area is 144 Å². The number of aromatic nitrogens is 3. The molecule has 0 saturated carbocycles. The topological polar surface area (TPSA) is 56.7 Å². The highest BCUT2D eigenvalue weighted by atomic mass is 19.1. The number of nitrogens with zero attached hydrogens (tertiary/aromatic N) is 3. The van der Waals surface area contributed by atoms with Crippen molar-refractivity contribution in [3.8, 4) is 16.8 Å². The molecule has 2 N–H and O–H groups in total. The Kier molecular flexibility index (Phi) is 3.78. The molecule has 4 nitrogen and oxygen atoms in total. The highest BCUT2D eigenvalue weighted by Gasteiger charge is 2.15. The Bertz CT molecular complexity index is 1040. The van der Waals surface area contributed by atoms with E-state index in [2.05, 4.69) is 14.5 Å². The molecule has 1 atom stereocenters. The second-order valence-electron chi connectivity index (χ2n) is 6.00. The van der Waals surface area contributed by atoms with Crippen molar-refractivity contribution in [1.82, 2.24) is 14.5 Å². The average Bonchev–Trinajstić information content (AvgIpc) is 3.02. The molecular formula is C20H17FN4. The molecule has 2 aromatic carbocycles. The van der Waals surface area contributed by atoms with Gasteiger partial charge in [0.25, 0.3) is 0 Å². The largest absolute Gasteiger partial charge is 0.322 e. The van der Waals surface area contributed by atoms with Crippen LogP contribution >= 0.6 is 0 Å². The Morgan fingerprint density at radius 1 is 1.00 bits per heavy atom. The Hall–Kier alpha value is -3.05. The maximum atomic E-state index is 13.1. The summed E-state index contributed by atoms with van der Waals surface area (Å²) >= 11 is 0. The number of halogens is 1. The van der Waals surface area contributed by atoms with Gasteiger partial charge in [0, 0.05) is 17.4 Å². The number of hydrogen-bond donors (Lipinski definition) is 1. The molecule has 0 spiro atoms. The molecule has 0 fully saturated rings. The zero-order valence-corrected chi connectivity index (χ0v) is 13.7. The summed E-state index contributed by atoms with van der Waals surface area (Å²) in [5, 5.41) is 0. The normalized spacial score (nSPS) is 12.4. The first-order chi connectivity index (χ1) is 12.1. The van der Waals surface area contributed by atoms with Crippen LogP contribution in [0.25, 0.3) is 27.8 Å². The number of fused-ring (bicyclic) bond motifs is 1. The third kappa shape index (κ3) is 2.79. The van der Waals surface area contributed by atoms with Gasteiger partial charge in [0.1, 0.15) is 5.82 Å². The van der Waals surface area contributed by atoms with Crippen LogP contribution in [0.3, 0.4) is 0 Å². The molecule has 4 aromatic rings. The molecule has 5 heteroatoms. The monoisotopic (exact) mass is 332 g/mol. The van der Waals surface area contributed by atoms with Crippen molar-refractivity contribution in [2.75, 3.05) is 0 Å². The number of pyridine rings is 1. The van der Waals surface area contributed by atoms with Gasteiger partial charge in [-0.05, 0) is 48.9 Å². The Balaban J connectivity index is 1.91. The lowest BCUT2D eigenvalue weighted by molar-refractivity contribution is 0.584. The van der Waals surface area contributed by atoms with Gasteiger partial charge in [0.2, 0.25) is 5.95 Å². The minimum Gasteiger partial charge on any atom is -0.322 e. The number of nitrogens with two attached hydrogens (primary N) is 1. The van der Waals surface area contributed by atoms with E-state index in [9.17, 15) is 4.39 Å². The number of para-hydroxylation sites is 2. The van der Waals surface area contributed by atoms with Gasteiger partial charge in [-0.15, -0.1) is 0 Å². The summed E-state index contributed by atoms with van der Waals surface area (Å²) in [4.78, 5) is 8.42. The molecule has 1 unspecified atom stereocenters. The highest BCUT2D eigenvalue weighted by molar-refractivity contribution is 5.79. The summed E-state index contributed by atoms with van der Waals surface area (Å²) in [6.45, 7) is 1.92. The number of imidazole rings is 1.